The zero-order valence-corrected chi connectivity index (χ0v) is 30.5. The number of benzene rings is 5. The van der Waals surface area contributed by atoms with Crippen molar-refractivity contribution < 1.29 is 24.2 Å². The van der Waals surface area contributed by atoms with E-state index in [4.69, 9.17) is 11.6 Å². The van der Waals surface area contributed by atoms with Crippen molar-refractivity contribution in [2.75, 3.05) is 0 Å². The second-order valence-electron chi connectivity index (χ2n) is 13.7. The summed E-state index contributed by atoms with van der Waals surface area (Å²) in [6, 6.07) is 38.2. The molecule has 0 nitrogen and oxygen atoms in total. The van der Waals surface area contributed by atoms with E-state index in [1.165, 1.54) is 82.7 Å². The first kappa shape index (κ1) is 33.3. The Morgan fingerprint density at radius 2 is 1.47 bits per heavy atom. The van der Waals surface area contributed by atoms with E-state index in [0.717, 1.165) is 17.9 Å². The van der Waals surface area contributed by atoms with Crippen LogP contribution < -0.4 is 0 Å². The van der Waals surface area contributed by atoms with Crippen LogP contribution in [0.1, 0.15) is 81.3 Å². The van der Waals surface area contributed by atoms with E-state index in [0.29, 0.717) is 0 Å². The molecule has 0 aromatic heterocycles. The number of rotatable bonds is 2. The van der Waals surface area contributed by atoms with Crippen molar-refractivity contribution in [3.05, 3.63) is 166 Å². The molecule has 0 saturated carbocycles. The van der Waals surface area contributed by atoms with E-state index < -0.39 is 0 Å². The molecule has 45 heavy (non-hydrogen) atoms. The summed E-state index contributed by atoms with van der Waals surface area (Å²) >= 11 is 7.37. The number of hydrogen-bond acceptors (Lipinski definition) is 0. The Kier molecular flexibility index (Phi) is 10.4. The molecule has 0 bridgehead atoms. The van der Waals surface area contributed by atoms with Crippen LogP contribution >= 0.6 is 11.6 Å². The molecule has 2 aliphatic carbocycles. The fourth-order valence-electron chi connectivity index (χ4n) is 5.58. The van der Waals surface area contributed by atoms with Crippen molar-refractivity contribution in [1.29, 1.82) is 0 Å². The van der Waals surface area contributed by atoms with Gasteiger partial charge in [-0.05, 0) is 28.4 Å². The van der Waals surface area contributed by atoms with Gasteiger partial charge >= 0.3 is 133 Å². The summed E-state index contributed by atoms with van der Waals surface area (Å²) in [4.78, 5) is 0. The van der Waals surface area contributed by atoms with E-state index in [1.54, 1.807) is 0 Å². The third kappa shape index (κ3) is 8.19. The zero-order valence-electron chi connectivity index (χ0n) is 27.3. The monoisotopic (exact) mass is 682 g/mol. The Balaban J connectivity index is 0.000000154. The molecule has 0 atom stereocenters. The minimum Gasteiger partial charge on any atom is -0.273 e. The molecule has 224 valence electrons. The van der Waals surface area contributed by atoms with E-state index in [2.05, 4.69) is 145 Å². The molecule has 0 aliphatic heterocycles. The maximum absolute atomic E-state index is 5.96. The summed E-state index contributed by atoms with van der Waals surface area (Å²) in [6.45, 7) is 13.6. The van der Waals surface area contributed by atoms with Crippen molar-refractivity contribution in [2.24, 2.45) is 0 Å². The predicted octanol–water partition coefficient (Wildman–Crippen LogP) is 11.6. The fourth-order valence-corrected chi connectivity index (χ4v) is 6.65. The Bertz CT molecular complexity index is 1800. The van der Waals surface area contributed by atoms with E-state index in [9.17, 15) is 0 Å². The van der Waals surface area contributed by atoms with E-state index >= 15 is 0 Å². The van der Waals surface area contributed by atoms with Crippen LogP contribution in [-0.4, -0.2) is 3.21 Å². The molecular formula is C43H41ClZr. The fraction of sp³-hybridized carbons (Fsp3) is 0.233. The van der Waals surface area contributed by atoms with Gasteiger partial charge in [0, 0.05) is 0 Å². The van der Waals surface area contributed by atoms with E-state index in [1.807, 2.05) is 24.3 Å². The van der Waals surface area contributed by atoms with Crippen LogP contribution in [-0.2, 0) is 41.5 Å². The largest absolute Gasteiger partial charge is 0.273 e. The number of hydrogen-bond donors (Lipinski definition) is 0. The number of fused-ring (bicyclic) bond motifs is 4. The summed E-state index contributed by atoms with van der Waals surface area (Å²) in [5, 5.41) is 3.38. The Morgan fingerprint density at radius 1 is 0.756 bits per heavy atom. The molecule has 0 amide bonds. The van der Waals surface area contributed by atoms with Crippen molar-refractivity contribution in [3.8, 4) is 11.1 Å². The van der Waals surface area contributed by atoms with Gasteiger partial charge in [0.15, 0.2) is 0 Å². The quantitative estimate of drug-likeness (QED) is 0.159. The third-order valence-corrected chi connectivity index (χ3v) is 9.87. The minimum absolute atomic E-state index is 0.167. The van der Waals surface area contributed by atoms with Gasteiger partial charge in [-0.25, -0.2) is 12.2 Å². The molecule has 5 aromatic rings. The smallest absolute Gasteiger partial charge is 0.109 e. The van der Waals surface area contributed by atoms with Gasteiger partial charge in [0.1, 0.15) is 0 Å². The van der Waals surface area contributed by atoms with Crippen LogP contribution in [0.25, 0.3) is 21.9 Å². The molecule has 7 rings (SSSR count). The predicted molar refractivity (Wildman–Crippen MR) is 191 cm³/mol. The topological polar surface area (TPSA) is 0 Å². The van der Waals surface area contributed by atoms with Crippen molar-refractivity contribution in [3.63, 3.8) is 0 Å². The summed E-state index contributed by atoms with van der Waals surface area (Å²) in [5.41, 5.74) is 11.3. The SMILES string of the molecule is CC(C)(C)c1[c-]c2c(cc1)-c1ccc(C(C)(C)C)cc1C2.Clc1ccc([C](=[Zr+2])c2cccc3ccccc23)cc1.[C-]1=CC=CC1. The molecule has 2 heteroatoms. The molecule has 0 heterocycles. The van der Waals surface area contributed by atoms with Crippen LogP contribution in [0.4, 0.5) is 0 Å². The Hall–Kier alpha value is -3.12. The second kappa shape index (κ2) is 14.1. The van der Waals surface area contributed by atoms with Gasteiger partial charge in [0.05, 0.1) is 0 Å². The van der Waals surface area contributed by atoms with Crippen molar-refractivity contribution >= 4 is 25.6 Å². The third-order valence-electron chi connectivity index (χ3n) is 8.24. The van der Waals surface area contributed by atoms with Gasteiger partial charge in [-0.1, -0.05) is 65.3 Å². The van der Waals surface area contributed by atoms with Gasteiger partial charge in [-0.3, -0.25) is 6.08 Å². The number of allylic oxidation sites excluding steroid dienone is 4. The molecule has 0 radical (unpaired) electrons. The average molecular weight is 684 g/mol. The zero-order chi connectivity index (χ0) is 32.2. The summed E-state index contributed by atoms with van der Waals surface area (Å²) < 4.78 is 1.36. The standard InChI is InChI=1S/C21H25.C17H11Cl.C5H5.Zr/c1-20(2,3)16-7-9-18-14(12-16)11-15-13-17(21(4,5)6)8-10-19(15)18;18-16-10-8-13(9-11-16)12-15-6-3-5-14-4-1-2-7-17(14)15;1-2-4-5-3-1;/h7-10,12H,11H2,1-6H3;1-11H;1-3H,4H2;/q-1;;-1;+2. The second-order valence-corrected chi connectivity index (χ2v) is 15.4. The maximum Gasteiger partial charge on any atom is -0.109 e. The molecule has 2 aliphatic rings. The maximum atomic E-state index is 5.96. The molecule has 5 aromatic carbocycles. The van der Waals surface area contributed by atoms with Crippen LogP contribution in [0.15, 0.2) is 115 Å². The molecule has 0 fully saturated rings. The van der Waals surface area contributed by atoms with Gasteiger partial charge in [-0.2, -0.15) is 29.8 Å². The van der Waals surface area contributed by atoms with Crippen LogP contribution in [0.3, 0.4) is 0 Å². The summed E-state index contributed by atoms with van der Waals surface area (Å²) in [7, 11) is 0. The van der Waals surface area contributed by atoms with Gasteiger partial charge in [-0.15, -0.1) is 17.5 Å². The molecule has 0 N–H and O–H groups in total. The summed E-state index contributed by atoms with van der Waals surface area (Å²) in [6.07, 6.45) is 11.0. The first-order valence-corrected chi connectivity index (χ1v) is 17.3. The van der Waals surface area contributed by atoms with Crippen LogP contribution in [0.5, 0.6) is 0 Å². The minimum atomic E-state index is 0.167. The number of halogens is 1. The van der Waals surface area contributed by atoms with Crippen LogP contribution in [0, 0.1) is 12.1 Å². The van der Waals surface area contributed by atoms with Crippen molar-refractivity contribution in [1.82, 2.24) is 0 Å². The van der Waals surface area contributed by atoms with Gasteiger partial charge in [0.25, 0.3) is 0 Å². The first-order chi connectivity index (χ1) is 21.4. The Labute approximate surface area is 290 Å². The van der Waals surface area contributed by atoms with Crippen LogP contribution in [0.2, 0.25) is 5.02 Å². The van der Waals surface area contributed by atoms with Crippen molar-refractivity contribution in [2.45, 2.75) is 65.2 Å². The Morgan fingerprint density at radius 3 is 2.11 bits per heavy atom. The first-order valence-electron chi connectivity index (χ1n) is 15.7. The molecule has 0 spiro atoms. The average Bonchev–Trinajstić information content (AvgIpc) is 3.72. The molecule has 0 unspecified atom stereocenters. The summed E-state index contributed by atoms with van der Waals surface area (Å²) in [5.74, 6) is 0. The normalized spacial score (nSPS) is 13.0. The molecule has 0 saturated heterocycles. The van der Waals surface area contributed by atoms with Gasteiger partial charge in [0.2, 0.25) is 0 Å². The van der Waals surface area contributed by atoms with Gasteiger partial charge < -0.3 is 0 Å². The molecular weight excluding hydrogens is 643 g/mol. The van der Waals surface area contributed by atoms with E-state index in [-0.39, 0.29) is 10.8 Å².